The van der Waals surface area contributed by atoms with E-state index in [9.17, 15) is 0 Å². The molecule has 0 radical (unpaired) electrons. The molecule has 10 aromatic carbocycles. The molecule has 334 valence electrons. The third-order valence-corrected chi connectivity index (χ3v) is 18.2. The van der Waals surface area contributed by atoms with Crippen LogP contribution < -0.4 is 21.2 Å². The van der Waals surface area contributed by atoms with Crippen LogP contribution in [-0.2, 0) is 12.3 Å². The fraction of sp³-hybridized carbons (Fsp3) is 0.152. The Morgan fingerprint density at radius 1 is 0.279 bits per heavy atom. The van der Waals surface area contributed by atoms with Gasteiger partial charge in [0.25, 0.3) is 0 Å². The van der Waals surface area contributed by atoms with Gasteiger partial charge in [-0.15, -0.1) is 0 Å². The van der Waals surface area contributed by atoms with Gasteiger partial charge in [-0.25, -0.2) is 0 Å². The quantitative estimate of drug-likeness (QED) is 0.113. The van der Waals surface area contributed by atoms with E-state index in [1.165, 1.54) is 132 Å². The molecule has 0 N–H and O–H groups in total. The maximum Gasteiger partial charge on any atom is 0.00200 e. The fourth-order valence-electron chi connectivity index (χ4n) is 10.8. The monoisotopic (exact) mass is 914 g/mol. The number of fused-ring (bicyclic) bond motifs is 2. The van der Waals surface area contributed by atoms with Gasteiger partial charge in [0.15, 0.2) is 0 Å². The molecule has 0 atom stereocenters. The Balaban J connectivity index is 1.37. The van der Waals surface area contributed by atoms with Gasteiger partial charge in [0.2, 0.25) is 0 Å². The van der Waals surface area contributed by atoms with Crippen LogP contribution in [0.4, 0.5) is 0 Å². The first kappa shape index (κ1) is 45.4. The van der Waals surface area contributed by atoms with Crippen LogP contribution in [0.15, 0.2) is 194 Å². The van der Waals surface area contributed by atoms with Crippen LogP contribution in [0.5, 0.6) is 0 Å². The van der Waals surface area contributed by atoms with E-state index in [2.05, 4.69) is 250 Å². The van der Waals surface area contributed by atoms with Gasteiger partial charge in [0.1, 0.15) is 0 Å². The van der Waals surface area contributed by atoms with Crippen LogP contribution in [0.2, 0.25) is 0 Å². The minimum absolute atomic E-state index is 0.864. The average molecular weight is 915 g/mol. The lowest BCUT2D eigenvalue weighted by Gasteiger charge is -2.29. The fourth-order valence-corrected chi connectivity index (χ4v) is 16.3. The van der Waals surface area contributed by atoms with Crippen LogP contribution in [0, 0.1) is 55.4 Å². The van der Waals surface area contributed by atoms with Crippen molar-refractivity contribution in [1.82, 2.24) is 0 Å². The highest BCUT2D eigenvalue weighted by Crippen LogP contribution is 2.53. The van der Waals surface area contributed by atoms with Gasteiger partial charge in [0, 0.05) is 12.3 Å². The first-order valence-corrected chi connectivity index (χ1v) is 27.1. The normalized spacial score (nSPS) is 11.6. The molecule has 0 saturated carbocycles. The largest absolute Gasteiger partial charge is 0.0622 e. The van der Waals surface area contributed by atoms with Crippen LogP contribution in [0.3, 0.4) is 0 Å². The molecular formula is C66H60P2. The van der Waals surface area contributed by atoms with Gasteiger partial charge in [-0.1, -0.05) is 226 Å². The second-order valence-corrected chi connectivity index (χ2v) is 23.7. The number of hydrogen-bond acceptors (Lipinski definition) is 0. The molecule has 0 fully saturated rings. The smallest absolute Gasteiger partial charge is 0.00200 e. The molecule has 0 aliphatic rings. The topological polar surface area (TPSA) is 0 Å². The molecule has 0 amide bonds. The van der Waals surface area contributed by atoms with E-state index in [-0.39, 0.29) is 0 Å². The van der Waals surface area contributed by atoms with Crippen molar-refractivity contribution in [2.45, 2.75) is 67.7 Å². The molecule has 0 unspecified atom stereocenters. The predicted molar refractivity (Wildman–Crippen MR) is 301 cm³/mol. The van der Waals surface area contributed by atoms with E-state index in [0.29, 0.717) is 0 Å². The van der Waals surface area contributed by atoms with E-state index in [1.807, 2.05) is 0 Å². The third-order valence-electron chi connectivity index (χ3n) is 13.4. The molecule has 0 aliphatic carbocycles. The van der Waals surface area contributed by atoms with E-state index < -0.39 is 15.8 Å². The summed E-state index contributed by atoms with van der Waals surface area (Å²) < 4.78 is 0. The zero-order chi connectivity index (χ0) is 47.1. The van der Waals surface area contributed by atoms with Gasteiger partial charge >= 0.3 is 0 Å². The molecule has 0 heterocycles. The average Bonchev–Trinajstić information content (AvgIpc) is 3.31. The Kier molecular flexibility index (Phi) is 12.9. The highest BCUT2D eigenvalue weighted by atomic mass is 31.1. The van der Waals surface area contributed by atoms with Gasteiger partial charge in [-0.2, -0.15) is 0 Å². The summed E-state index contributed by atoms with van der Waals surface area (Å²) in [7, 11) is -1.73. The summed E-state index contributed by atoms with van der Waals surface area (Å²) in [6.07, 6.45) is 1.77. The summed E-state index contributed by atoms with van der Waals surface area (Å²) in [5.41, 5.74) is 21.2. The highest BCUT2D eigenvalue weighted by molar-refractivity contribution is 7.72. The summed E-state index contributed by atoms with van der Waals surface area (Å²) in [6.45, 7) is 18.1. The van der Waals surface area contributed by atoms with Gasteiger partial charge in [-0.3, -0.25) is 0 Å². The second kappa shape index (κ2) is 19.3. The second-order valence-electron chi connectivity index (χ2n) is 19.3. The van der Waals surface area contributed by atoms with Crippen molar-refractivity contribution in [3.8, 4) is 33.4 Å². The standard InChI is InChI=1S/C66H60P2/c1-43-27-44(2)32-55(31-43)67(56-33-45(3)28-46(4)34-56)41-63-61(51-19-11-9-12-20-51)39-53-23-15-17-25-59(53)65(63)66-60-26-18-16-24-54(60)40-62(52-21-13-10-14-22-52)64(66)42-68(57-35-47(5)29-48(6)36-57)58-37-49(7)30-50(8)38-58/h9-40H,41-42H2,1-8H3. The number of aryl methyl sites for hydroxylation is 8. The van der Waals surface area contributed by atoms with Crippen molar-refractivity contribution in [2.75, 3.05) is 0 Å². The molecular weight excluding hydrogens is 855 g/mol. The molecule has 0 spiro atoms. The van der Waals surface area contributed by atoms with Crippen molar-refractivity contribution >= 4 is 58.6 Å². The summed E-state index contributed by atoms with van der Waals surface area (Å²) >= 11 is 0. The molecule has 10 rings (SSSR count). The van der Waals surface area contributed by atoms with E-state index >= 15 is 0 Å². The lowest BCUT2D eigenvalue weighted by atomic mass is 9.82. The Morgan fingerprint density at radius 2 is 0.544 bits per heavy atom. The van der Waals surface area contributed by atoms with Crippen LogP contribution in [0.1, 0.15) is 55.6 Å². The molecule has 68 heavy (non-hydrogen) atoms. The van der Waals surface area contributed by atoms with Gasteiger partial charge in [-0.05, 0) is 171 Å². The summed E-state index contributed by atoms with van der Waals surface area (Å²) in [5, 5.41) is 10.8. The number of benzene rings is 10. The molecule has 0 aliphatic heterocycles. The Morgan fingerprint density at radius 3 is 0.838 bits per heavy atom. The number of hydrogen-bond donors (Lipinski definition) is 0. The Labute approximate surface area is 407 Å². The zero-order valence-corrected chi connectivity index (χ0v) is 42.6. The Hall–Kier alpha value is -6.42. The molecule has 0 nitrogen and oxygen atoms in total. The van der Waals surface area contributed by atoms with Crippen LogP contribution in [-0.4, -0.2) is 0 Å². The number of rotatable bonds is 11. The first-order valence-electron chi connectivity index (χ1n) is 24.0. The summed E-state index contributed by atoms with van der Waals surface area (Å²) in [4.78, 5) is 0. The third kappa shape index (κ3) is 9.39. The van der Waals surface area contributed by atoms with Crippen molar-refractivity contribution < 1.29 is 0 Å². The molecule has 2 heteroatoms. The van der Waals surface area contributed by atoms with Crippen molar-refractivity contribution in [3.05, 3.63) is 250 Å². The minimum atomic E-state index is -0.864. The van der Waals surface area contributed by atoms with Gasteiger partial charge in [0.05, 0.1) is 0 Å². The molecule has 0 bridgehead atoms. The van der Waals surface area contributed by atoms with Crippen molar-refractivity contribution in [3.63, 3.8) is 0 Å². The zero-order valence-electron chi connectivity index (χ0n) is 40.8. The SMILES string of the molecule is Cc1cc(C)cc(P(Cc2c(-c3ccccc3)cc3ccccc3c2-c2c(CP(c3cc(C)cc(C)c3)c3cc(C)cc(C)c3)c(-c3ccccc3)cc3ccccc23)c2cc(C)cc(C)c2)c1. The van der Waals surface area contributed by atoms with Crippen LogP contribution in [0.25, 0.3) is 54.9 Å². The van der Waals surface area contributed by atoms with Gasteiger partial charge < -0.3 is 0 Å². The van der Waals surface area contributed by atoms with E-state index in [0.717, 1.165) is 12.3 Å². The Bertz CT molecular complexity index is 3070. The predicted octanol–water partition coefficient (Wildman–Crippen LogP) is 16.7. The molecule has 0 aromatic heterocycles. The molecule has 10 aromatic rings. The molecule has 0 saturated heterocycles. The highest BCUT2D eigenvalue weighted by Gasteiger charge is 2.29. The minimum Gasteiger partial charge on any atom is -0.0622 e. The summed E-state index contributed by atoms with van der Waals surface area (Å²) in [6, 6.07) is 75.0. The van der Waals surface area contributed by atoms with E-state index in [4.69, 9.17) is 0 Å². The van der Waals surface area contributed by atoms with Crippen molar-refractivity contribution in [2.24, 2.45) is 0 Å². The summed E-state index contributed by atoms with van der Waals surface area (Å²) in [5.74, 6) is 0. The first-order chi connectivity index (χ1) is 32.9. The van der Waals surface area contributed by atoms with E-state index in [1.54, 1.807) is 0 Å². The lowest BCUT2D eigenvalue weighted by molar-refractivity contribution is 1.36. The maximum absolute atomic E-state index is 2.50. The van der Waals surface area contributed by atoms with Crippen molar-refractivity contribution in [1.29, 1.82) is 0 Å². The maximum atomic E-state index is 2.50. The lowest BCUT2D eigenvalue weighted by Crippen LogP contribution is -2.17. The van der Waals surface area contributed by atoms with Crippen LogP contribution >= 0.6 is 15.8 Å².